The topological polar surface area (TPSA) is 69.9 Å². The number of nitrogens with zero attached hydrogens (tertiary/aromatic N) is 3. The summed E-state index contributed by atoms with van der Waals surface area (Å²) in [6.45, 7) is 5.97. The van der Waals surface area contributed by atoms with Gasteiger partial charge in [-0.2, -0.15) is 0 Å². The number of nitrogens with two attached hydrogens (primary N) is 1. The molecule has 0 saturated carbocycles. The summed E-state index contributed by atoms with van der Waals surface area (Å²) in [5.74, 6) is 1.50. The van der Waals surface area contributed by atoms with Crippen LogP contribution >= 0.6 is 0 Å². The Labute approximate surface area is 101 Å². The summed E-state index contributed by atoms with van der Waals surface area (Å²) >= 11 is 0. The predicted molar refractivity (Wildman–Crippen MR) is 64.5 cm³/mol. The van der Waals surface area contributed by atoms with Crippen LogP contribution < -0.4 is 5.73 Å². The van der Waals surface area contributed by atoms with E-state index in [9.17, 15) is 0 Å². The molecule has 1 unspecified atom stereocenters. The minimum absolute atomic E-state index is 0.00370. The molecule has 2 heterocycles. The van der Waals surface area contributed by atoms with Crippen molar-refractivity contribution in [1.29, 1.82) is 0 Å². The van der Waals surface area contributed by atoms with Gasteiger partial charge < -0.3 is 14.7 Å². The van der Waals surface area contributed by atoms with Gasteiger partial charge in [-0.1, -0.05) is 6.92 Å². The van der Waals surface area contributed by atoms with Crippen LogP contribution in [0.5, 0.6) is 0 Å². The molecule has 0 aliphatic rings. The Morgan fingerprint density at radius 1 is 1.47 bits per heavy atom. The molecule has 0 saturated heterocycles. The van der Waals surface area contributed by atoms with Gasteiger partial charge in [0.25, 0.3) is 0 Å². The monoisotopic (exact) mass is 234 g/mol. The zero-order valence-corrected chi connectivity index (χ0v) is 10.4. The van der Waals surface area contributed by atoms with Gasteiger partial charge in [0.15, 0.2) is 0 Å². The Hall–Kier alpha value is -1.62. The van der Waals surface area contributed by atoms with Crippen LogP contribution in [0.1, 0.15) is 49.7 Å². The van der Waals surface area contributed by atoms with Crippen LogP contribution in [0.25, 0.3) is 0 Å². The molecule has 17 heavy (non-hydrogen) atoms. The minimum atomic E-state index is -0.00370. The summed E-state index contributed by atoms with van der Waals surface area (Å²) < 4.78 is 7.55. The largest absolute Gasteiger partial charge is 0.444 e. The second-order valence-corrected chi connectivity index (χ2v) is 4.23. The number of rotatable bonds is 4. The fourth-order valence-electron chi connectivity index (χ4n) is 1.82. The molecule has 2 atom stereocenters. The standard InChI is InChI=1S/C12H18N4O/c1-4-10(13)11-6-14-7-16(11)9(3)12-15-5-8(2)17-12/h5-7,9-10H,4,13H2,1-3H3/t9?,10-/m1/s1. The second kappa shape index (κ2) is 4.71. The van der Waals surface area contributed by atoms with Crippen molar-refractivity contribution in [2.75, 3.05) is 0 Å². The van der Waals surface area contributed by atoms with Crippen molar-refractivity contribution in [2.24, 2.45) is 5.73 Å². The Morgan fingerprint density at radius 3 is 2.82 bits per heavy atom. The molecule has 2 aromatic rings. The Balaban J connectivity index is 2.31. The maximum atomic E-state index is 6.05. The molecule has 92 valence electrons. The van der Waals surface area contributed by atoms with E-state index in [0.29, 0.717) is 5.89 Å². The lowest BCUT2D eigenvalue weighted by atomic mass is 10.1. The fraction of sp³-hybridized carbons (Fsp3) is 0.500. The summed E-state index contributed by atoms with van der Waals surface area (Å²) in [5, 5.41) is 0. The Morgan fingerprint density at radius 2 is 2.24 bits per heavy atom. The molecule has 0 radical (unpaired) electrons. The van der Waals surface area contributed by atoms with Crippen molar-refractivity contribution in [3.05, 3.63) is 36.1 Å². The molecular formula is C12H18N4O. The number of oxazole rings is 1. The lowest BCUT2D eigenvalue weighted by molar-refractivity contribution is 0.405. The highest BCUT2D eigenvalue weighted by atomic mass is 16.4. The van der Waals surface area contributed by atoms with E-state index < -0.39 is 0 Å². The summed E-state index contributed by atoms with van der Waals surface area (Å²) in [7, 11) is 0. The summed E-state index contributed by atoms with van der Waals surface area (Å²) in [5.41, 5.74) is 7.06. The van der Waals surface area contributed by atoms with E-state index in [1.54, 1.807) is 18.7 Å². The molecule has 2 rings (SSSR count). The third kappa shape index (κ3) is 2.24. The van der Waals surface area contributed by atoms with Crippen LogP contribution in [0, 0.1) is 6.92 Å². The van der Waals surface area contributed by atoms with Gasteiger partial charge in [-0.3, -0.25) is 0 Å². The van der Waals surface area contributed by atoms with Gasteiger partial charge in [-0.05, 0) is 20.3 Å². The van der Waals surface area contributed by atoms with E-state index in [0.717, 1.165) is 17.9 Å². The SMILES string of the molecule is CC[C@@H](N)c1cncn1C(C)c1ncc(C)o1. The van der Waals surface area contributed by atoms with Gasteiger partial charge in [0.05, 0.1) is 18.2 Å². The molecule has 0 amide bonds. The van der Waals surface area contributed by atoms with Crippen molar-refractivity contribution in [1.82, 2.24) is 14.5 Å². The normalized spacial score (nSPS) is 14.8. The third-order valence-electron chi connectivity index (χ3n) is 2.93. The first-order chi connectivity index (χ1) is 8.13. The quantitative estimate of drug-likeness (QED) is 0.880. The Bertz CT molecular complexity index is 488. The first-order valence-corrected chi connectivity index (χ1v) is 5.83. The van der Waals surface area contributed by atoms with Crippen molar-refractivity contribution in [3.8, 4) is 0 Å². The number of aryl methyl sites for hydroxylation is 1. The highest BCUT2D eigenvalue weighted by Crippen LogP contribution is 2.22. The molecule has 0 aliphatic carbocycles. The molecule has 2 N–H and O–H groups in total. The highest BCUT2D eigenvalue weighted by Gasteiger charge is 2.18. The van der Waals surface area contributed by atoms with Crippen LogP contribution in [0.4, 0.5) is 0 Å². The van der Waals surface area contributed by atoms with Gasteiger partial charge in [-0.25, -0.2) is 9.97 Å². The molecule has 0 aromatic carbocycles. The molecule has 5 nitrogen and oxygen atoms in total. The molecule has 0 bridgehead atoms. The van der Waals surface area contributed by atoms with Crippen LogP contribution in [-0.4, -0.2) is 14.5 Å². The van der Waals surface area contributed by atoms with Gasteiger partial charge in [0.2, 0.25) is 5.89 Å². The summed E-state index contributed by atoms with van der Waals surface area (Å²) in [4.78, 5) is 8.40. The zero-order valence-electron chi connectivity index (χ0n) is 10.4. The van der Waals surface area contributed by atoms with Crippen LogP contribution in [0.3, 0.4) is 0 Å². The lowest BCUT2D eigenvalue weighted by Crippen LogP contribution is -2.17. The van der Waals surface area contributed by atoms with Crippen molar-refractivity contribution < 1.29 is 4.42 Å². The minimum Gasteiger partial charge on any atom is -0.444 e. The molecule has 0 spiro atoms. The average Bonchev–Trinajstić information content (AvgIpc) is 2.95. The lowest BCUT2D eigenvalue weighted by Gasteiger charge is -2.16. The second-order valence-electron chi connectivity index (χ2n) is 4.23. The highest BCUT2D eigenvalue weighted by molar-refractivity contribution is 5.09. The van der Waals surface area contributed by atoms with E-state index in [1.807, 2.05) is 18.4 Å². The fourth-order valence-corrected chi connectivity index (χ4v) is 1.82. The number of aromatic nitrogens is 3. The van der Waals surface area contributed by atoms with Crippen molar-refractivity contribution in [2.45, 2.75) is 39.3 Å². The van der Waals surface area contributed by atoms with Gasteiger partial charge in [0, 0.05) is 12.2 Å². The number of imidazole rings is 1. The van der Waals surface area contributed by atoms with E-state index in [4.69, 9.17) is 10.2 Å². The summed E-state index contributed by atoms with van der Waals surface area (Å²) in [6, 6.07) is 0.00908. The molecular weight excluding hydrogens is 216 g/mol. The first kappa shape index (κ1) is 11.9. The van der Waals surface area contributed by atoms with Crippen molar-refractivity contribution >= 4 is 0 Å². The van der Waals surface area contributed by atoms with Gasteiger partial charge in [0.1, 0.15) is 11.8 Å². The van der Waals surface area contributed by atoms with E-state index in [1.165, 1.54) is 0 Å². The van der Waals surface area contributed by atoms with Crippen LogP contribution in [-0.2, 0) is 0 Å². The summed E-state index contributed by atoms with van der Waals surface area (Å²) in [6.07, 6.45) is 6.18. The molecule has 2 aromatic heterocycles. The van der Waals surface area contributed by atoms with Gasteiger partial charge in [-0.15, -0.1) is 0 Å². The number of hydrogen-bond donors (Lipinski definition) is 1. The van der Waals surface area contributed by atoms with Crippen LogP contribution in [0.2, 0.25) is 0 Å². The first-order valence-electron chi connectivity index (χ1n) is 5.83. The van der Waals surface area contributed by atoms with Gasteiger partial charge >= 0.3 is 0 Å². The smallest absolute Gasteiger partial charge is 0.217 e. The molecule has 0 aliphatic heterocycles. The molecule has 5 heteroatoms. The zero-order chi connectivity index (χ0) is 12.4. The Kier molecular flexibility index (Phi) is 3.28. The van der Waals surface area contributed by atoms with E-state index in [-0.39, 0.29) is 12.1 Å². The number of hydrogen-bond acceptors (Lipinski definition) is 4. The average molecular weight is 234 g/mol. The third-order valence-corrected chi connectivity index (χ3v) is 2.93. The van der Waals surface area contributed by atoms with E-state index >= 15 is 0 Å². The maximum Gasteiger partial charge on any atom is 0.217 e. The van der Waals surface area contributed by atoms with Crippen LogP contribution in [0.15, 0.2) is 23.1 Å². The maximum absolute atomic E-state index is 6.05. The van der Waals surface area contributed by atoms with Crippen molar-refractivity contribution in [3.63, 3.8) is 0 Å². The molecule has 0 fully saturated rings. The van der Waals surface area contributed by atoms with E-state index in [2.05, 4.69) is 16.9 Å². The predicted octanol–water partition coefficient (Wildman–Crippen LogP) is 2.20.